The summed E-state index contributed by atoms with van der Waals surface area (Å²) >= 11 is 0. The van der Waals surface area contributed by atoms with Gasteiger partial charge in [0.15, 0.2) is 5.69 Å². The summed E-state index contributed by atoms with van der Waals surface area (Å²) in [5.41, 5.74) is 0.470. The van der Waals surface area contributed by atoms with Crippen LogP contribution in [0.5, 0.6) is 0 Å². The average Bonchev–Trinajstić information content (AvgIpc) is 2.76. The second kappa shape index (κ2) is 4.69. The summed E-state index contributed by atoms with van der Waals surface area (Å²) in [6.07, 6.45) is 4.83. The Kier molecular flexibility index (Phi) is 3.26. The van der Waals surface area contributed by atoms with Gasteiger partial charge in [-0.15, -0.1) is 10.2 Å². The maximum absolute atomic E-state index is 11.3. The van der Waals surface area contributed by atoms with Crippen molar-refractivity contribution in [3.63, 3.8) is 0 Å². The highest BCUT2D eigenvalue weighted by molar-refractivity contribution is 5.91. The van der Waals surface area contributed by atoms with Crippen molar-refractivity contribution < 1.29 is 4.79 Å². The lowest BCUT2D eigenvalue weighted by atomic mass is 10.0. The van der Waals surface area contributed by atoms with Crippen molar-refractivity contribution in [1.29, 1.82) is 0 Å². The van der Waals surface area contributed by atoms with Gasteiger partial charge in [-0.1, -0.05) is 12.8 Å². The number of carbonyl (C=O) groups excluding carboxylic acids is 1. The van der Waals surface area contributed by atoms with Crippen LogP contribution >= 0.6 is 0 Å². The Bertz CT molecular complexity index is 395. The van der Waals surface area contributed by atoms with Gasteiger partial charge in [0, 0.05) is 12.6 Å². The van der Waals surface area contributed by atoms with E-state index in [2.05, 4.69) is 27.8 Å². The first kappa shape index (κ1) is 11.8. The van der Waals surface area contributed by atoms with E-state index in [1.165, 1.54) is 12.8 Å². The van der Waals surface area contributed by atoms with Crippen molar-refractivity contribution in [3.05, 3.63) is 17.8 Å². The molecule has 0 unspecified atom stereocenters. The van der Waals surface area contributed by atoms with Gasteiger partial charge in [0.1, 0.15) is 5.82 Å². The highest BCUT2D eigenvalue weighted by atomic mass is 16.1. The second-order valence-corrected chi connectivity index (χ2v) is 4.78. The van der Waals surface area contributed by atoms with Crippen LogP contribution in [0.3, 0.4) is 0 Å². The maximum atomic E-state index is 11.3. The van der Waals surface area contributed by atoms with Crippen LogP contribution in [0.4, 0.5) is 5.82 Å². The molecule has 1 aliphatic carbocycles. The van der Waals surface area contributed by atoms with Crippen molar-refractivity contribution in [2.45, 2.75) is 38.1 Å². The first-order chi connectivity index (χ1) is 8.13. The Balaban J connectivity index is 2.05. The van der Waals surface area contributed by atoms with Crippen molar-refractivity contribution in [2.75, 3.05) is 12.4 Å². The van der Waals surface area contributed by atoms with Gasteiger partial charge in [0.25, 0.3) is 5.91 Å². The molecule has 0 saturated heterocycles. The molecule has 1 aromatic rings. The molecule has 0 spiro atoms. The van der Waals surface area contributed by atoms with Gasteiger partial charge in [-0.05, 0) is 31.9 Å². The average molecular weight is 234 g/mol. The van der Waals surface area contributed by atoms with E-state index in [-0.39, 0.29) is 11.4 Å². The quantitative estimate of drug-likeness (QED) is 0.833. The maximum Gasteiger partial charge on any atom is 0.271 e. The Morgan fingerprint density at radius 2 is 2.00 bits per heavy atom. The van der Waals surface area contributed by atoms with E-state index >= 15 is 0 Å². The first-order valence-electron chi connectivity index (χ1n) is 5.97. The normalized spacial score (nSPS) is 17.8. The SMILES string of the molecule is CNC(=O)c1ccc(NC2(C)CCCC2)nn1. The fourth-order valence-corrected chi connectivity index (χ4v) is 2.24. The van der Waals surface area contributed by atoms with Gasteiger partial charge in [-0.2, -0.15) is 0 Å². The third kappa shape index (κ3) is 2.72. The van der Waals surface area contributed by atoms with Crippen molar-refractivity contribution >= 4 is 11.7 Å². The van der Waals surface area contributed by atoms with Gasteiger partial charge in [-0.25, -0.2) is 0 Å². The summed E-state index contributed by atoms with van der Waals surface area (Å²) < 4.78 is 0. The Morgan fingerprint density at radius 1 is 1.29 bits per heavy atom. The first-order valence-corrected chi connectivity index (χ1v) is 5.97. The number of carbonyl (C=O) groups is 1. The molecule has 0 aromatic carbocycles. The summed E-state index contributed by atoms with van der Waals surface area (Å²) in [7, 11) is 1.58. The molecule has 1 aliphatic rings. The van der Waals surface area contributed by atoms with Gasteiger partial charge < -0.3 is 10.6 Å². The molecule has 17 heavy (non-hydrogen) atoms. The third-order valence-corrected chi connectivity index (χ3v) is 3.26. The molecule has 1 heterocycles. The lowest BCUT2D eigenvalue weighted by molar-refractivity contribution is 0.0957. The van der Waals surface area contributed by atoms with E-state index in [0.29, 0.717) is 5.69 Å². The van der Waals surface area contributed by atoms with Gasteiger partial charge in [0.05, 0.1) is 0 Å². The molecular weight excluding hydrogens is 216 g/mol. The van der Waals surface area contributed by atoms with Crippen molar-refractivity contribution in [1.82, 2.24) is 15.5 Å². The number of hydrogen-bond donors (Lipinski definition) is 2. The van der Waals surface area contributed by atoms with Crippen LogP contribution in [-0.4, -0.2) is 28.7 Å². The number of amides is 1. The van der Waals surface area contributed by atoms with E-state index in [9.17, 15) is 4.79 Å². The fraction of sp³-hybridized carbons (Fsp3) is 0.583. The van der Waals surface area contributed by atoms with Crippen LogP contribution in [0, 0.1) is 0 Å². The third-order valence-electron chi connectivity index (χ3n) is 3.26. The molecule has 5 nitrogen and oxygen atoms in total. The summed E-state index contributed by atoms with van der Waals surface area (Å²) in [5, 5.41) is 13.8. The number of anilines is 1. The van der Waals surface area contributed by atoms with Crippen molar-refractivity contribution in [3.8, 4) is 0 Å². The highest BCUT2D eigenvalue weighted by Gasteiger charge is 2.28. The Labute approximate surface area is 101 Å². The van der Waals surface area contributed by atoms with Crippen LogP contribution < -0.4 is 10.6 Å². The topological polar surface area (TPSA) is 66.9 Å². The molecule has 1 aromatic heterocycles. The minimum absolute atomic E-state index is 0.128. The number of aromatic nitrogens is 2. The summed E-state index contributed by atoms with van der Waals surface area (Å²) in [4.78, 5) is 11.3. The second-order valence-electron chi connectivity index (χ2n) is 4.78. The van der Waals surface area contributed by atoms with Crippen LogP contribution in [0.15, 0.2) is 12.1 Å². The molecule has 1 amide bonds. The number of nitrogens with zero attached hydrogens (tertiary/aromatic N) is 2. The summed E-state index contributed by atoms with van der Waals surface area (Å²) in [5.74, 6) is 0.526. The molecule has 5 heteroatoms. The lowest BCUT2D eigenvalue weighted by Gasteiger charge is -2.25. The summed E-state index contributed by atoms with van der Waals surface area (Å²) in [6, 6.07) is 3.49. The molecule has 0 radical (unpaired) electrons. The zero-order valence-electron chi connectivity index (χ0n) is 10.3. The van der Waals surface area contributed by atoms with Crippen LogP contribution in [0.2, 0.25) is 0 Å². The predicted molar refractivity (Wildman–Crippen MR) is 65.9 cm³/mol. The largest absolute Gasteiger partial charge is 0.363 e. The van der Waals surface area contributed by atoms with Crippen molar-refractivity contribution in [2.24, 2.45) is 0 Å². The molecule has 92 valence electrons. The molecular formula is C12H18N4O. The van der Waals surface area contributed by atoms with E-state index in [1.54, 1.807) is 19.2 Å². The van der Waals surface area contributed by atoms with E-state index in [4.69, 9.17) is 0 Å². The van der Waals surface area contributed by atoms with E-state index in [0.717, 1.165) is 18.7 Å². The molecule has 2 N–H and O–H groups in total. The standard InChI is InChI=1S/C12H18N4O/c1-12(7-3-4-8-12)14-10-6-5-9(15-16-10)11(17)13-2/h5-6H,3-4,7-8H2,1-2H3,(H,13,17)(H,14,16). The molecule has 0 aliphatic heterocycles. The number of hydrogen-bond acceptors (Lipinski definition) is 4. The fourth-order valence-electron chi connectivity index (χ4n) is 2.24. The smallest absolute Gasteiger partial charge is 0.271 e. The molecule has 1 fully saturated rings. The van der Waals surface area contributed by atoms with Gasteiger partial charge in [-0.3, -0.25) is 4.79 Å². The van der Waals surface area contributed by atoms with E-state index < -0.39 is 0 Å². The monoisotopic (exact) mass is 234 g/mol. The zero-order valence-corrected chi connectivity index (χ0v) is 10.3. The Morgan fingerprint density at radius 3 is 2.53 bits per heavy atom. The van der Waals surface area contributed by atoms with Crippen LogP contribution in [0.1, 0.15) is 43.1 Å². The zero-order chi connectivity index (χ0) is 12.3. The van der Waals surface area contributed by atoms with Gasteiger partial charge in [0.2, 0.25) is 0 Å². The minimum Gasteiger partial charge on any atom is -0.363 e. The Hall–Kier alpha value is -1.65. The number of rotatable bonds is 3. The lowest BCUT2D eigenvalue weighted by Crippen LogP contribution is -2.31. The van der Waals surface area contributed by atoms with Crippen LogP contribution in [0.25, 0.3) is 0 Å². The molecule has 0 bridgehead atoms. The highest BCUT2D eigenvalue weighted by Crippen LogP contribution is 2.31. The molecule has 2 rings (SSSR count). The van der Waals surface area contributed by atoms with Gasteiger partial charge >= 0.3 is 0 Å². The van der Waals surface area contributed by atoms with E-state index in [1.807, 2.05) is 0 Å². The molecule has 1 saturated carbocycles. The minimum atomic E-state index is -0.212. The number of nitrogens with one attached hydrogen (secondary N) is 2. The summed E-state index contributed by atoms with van der Waals surface area (Å²) in [6.45, 7) is 2.20. The molecule has 0 atom stereocenters. The predicted octanol–water partition coefficient (Wildman–Crippen LogP) is 1.58. The van der Waals surface area contributed by atoms with Crippen LogP contribution in [-0.2, 0) is 0 Å².